The Morgan fingerprint density at radius 3 is 2.67 bits per heavy atom. The van der Waals surface area contributed by atoms with Gasteiger partial charge in [-0.1, -0.05) is 12.1 Å². The van der Waals surface area contributed by atoms with Crippen molar-refractivity contribution in [3.8, 4) is 0 Å². The summed E-state index contributed by atoms with van der Waals surface area (Å²) >= 11 is 5.46. The lowest BCUT2D eigenvalue weighted by Crippen LogP contribution is -2.39. The lowest BCUT2D eigenvalue weighted by molar-refractivity contribution is -0.146. The van der Waals surface area contributed by atoms with Gasteiger partial charge in [0.1, 0.15) is 12.5 Å². The third-order valence-corrected chi connectivity index (χ3v) is 3.04. The fraction of sp³-hybridized carbons (Fsp3) is 0.467. The van der Waals surface area contributed by atoms with E-state index in [2.05, 4.69) is 0 Å². The fourth-order valence-corrected chi connectivity index (χ4v) is 1.96. The van der Waals surface area contributed by atoms with Crippen LogP contribution in [0.4, 0.5) is 5.69 Å². The molecular formula is C15H20ClNO4. The highest BCUT2D eigenvalue weighted by atomic mass is 35.5. The number of halogens is 1. The van der Waals surface area contributed by atoms with E-state index in [1.807, 2.05) is 36.1 Å². The number of benzene rings is 1. The molecular weight excluding hydrogens is 294 g/mol. The Kier molecular flexibility index (Phi) is 7.02. The maximum Gasteiger partial charge on any atom is 0.322 e. The van der Waals surface area contributed by atoms with Crippen LogP contribution in [0, 0.1) is 6.92 Å². The van der Waals surface area contributed by atoms with Crippen molar-refractivity contribution in [2.75, 3.05) is 23.9 Å². The van der Waals surface area contributed by atoms with Crippen LogP contribution in [-0.4, -0.2) is 37.2 Å². The number of ether oxygens (including phenoxy) is 2. The van der Waals surface area contributed by atoms with Gasteiger partial charge in [0.25, 0.3) is 0 Å². The van der Waals surface area contributed by atoms with Crippen molar-refractivity contribution in [3.05, 3.63) is 29.8 Å². The number of anilines is 1. The maximum absolute atomic E-state index is 11.3. The van der Waals surface area contributed by atoms with Crippen molar-refractivity contribution >= 4 is 29.2 Å². The van der Waals surface area contributed by atoms with Crippen LogP contribution in [0.3, 0.4) is 0 Å². The summed E-state index contributed by atoms with van der Waals surface area (Å²) < 4.78 is 10.2. The van der Waals surface area contributed by atoms with E-state index in [1.165, 1.54) is 6.92 Å². The van der Waals surface area contributed by atoms with Crippen LogP contribution in [0.2, 0.25) is 0 Å². The van der Waals surface area contributed by atoms with Crippen molar-refractivity contribution < 1.29 is 19.1 Å². The standard InChI is InChI=1S/C15H20ClNO4/c1-11-5-4-6-14(9-11)17(7-8-20-13(3)18)12(2)21-15(19)10-16/h4-6,9,12H,7-8,10H2,1-3H3. The molecule has 6 heteroatoms. The summed E-state index contributed by atoms with van der Waals surface area (Å²) in [5.41, 5.74) is 1.97. The number of carbonyl (C=O) groups excluding carboxylic acids is 2. The predicted molar refractivity (Wildman–Crippen MR) is 81.4 cm³/mol. The van der Waals surface area contributed by atoms with Crippen molar-refractivity contribution in [1.82, 2.24) is 0 Å². The molecule has 1 rings (SSSR count). The third kappa shape index (κ3) is 6.04. The summed E-state index contributed by atoms with van der Waals surface area (Å²) in [6.07, 6.45) is -0.506. The minimum atomic E-state index is -0.506. The second-order valence-electron chi connectivity index (χ2n) is 4.60. The molecule has 1 aromatic carbocycles. The number of nitrogens with zero attached hydrogens (tertiary/aromatic N) is 1. The SMILES string of the molecule is CC(=O)OCCN(c1cccc(C)c1)C(C)OC(=O)CCl. The first-order valence-electron chi connectivity index (χ1n) is 6.66. The number of rotatable bonds is 7. The molecule has 0 aliphatic heterocycles. The molecule has 5 nitrogen and oxygen atoms in total. The van der Waals surface area contributed by atoms with Gasteiger partial charge in [-0.3, -0.25) is 9.59 Å². The summed E-state index contributed by atoms with van der Waals surface area (Å²) in [5, 5.41) is 0. The molecule has 0 aromatic heterocycles. The third-order valence-electron chi connectivity index (χ3n) is 2.82. The van der Waals surface area contributed by atoms with E-state index in [1.54, 1.807) is 6.92 Å². The first kappa shape index (κ1) is 17.3. The van der Waals surface area contributed by atoms with E-state index in [0.29, 0.717) is 6.54 Å². The van der Waals surface area contributed by atoms with Gasteiger partial charge in [-0.05, 0) is 31.5 Å². The van der Waals surface area contributed by atoms with Gasteiger partial charge in [0.05, 0.1) is 6.54 Å². The minimum absolute atomic E-state index is 0.198. The Morgan fingerprint density at radius 1 is 1.38 bits per heavy atom. The molecule has 116 valence electrons. The van der Waals surface area contributed by atoms with Gasteiger partial charge in [0.2, 0.25) is 0 Å². The monoisotopic (exact) mass is 313 g/mol. The first-order chi connectivity index (χ1) is 9.93. The Labute approximate surface area is 129 Å². The number of alkyl halides is 1. The van der Waals surface area contributed by atoms with E-state index in [-0.39, 0.29) is 18.5 Å². The summed E-state index contributed by atoms with van der Waals surface area (Å²) in [5.74, 6) is -1.03. The molecule has 0 saturated carbocycles. The van der Waals surface area contributed by atoms with E-state index in [9.17, 15) is 9.59 Å². The van der Waals surface area contributed by atoms with Gasteiger partial charge in [-0.25, -0.2) is 0 Å². The van der Waals surface area contributed by atoms with E-state index in [0.717, 1.165) is 11.3 Å². The smallest absolute Gasteiger partial charge is 0.322 e. The Morgan fingerprint density at radius 2 is 2.10 bits per heavy atom. The Bertz CT molecular complexity index is 492. The molecule has 0 aliphatic carbocycles. The lowest BCUT2D eigenvalue weighted by Gasteiger charge is -2.30. The quantitative estimate of drug-likeness (QED) is 0.440. The molecule has 0 N–H and O–H groups in total. The zero-order valence-electron chi connectivity index (χ0n) is 12.5. The normalized spacial score (nSPS) is 11.6. The molecule has 0 amide bonds. The number of hydrogen-bond acceptors (Lipinski definition) is 5. The molecule has 21 heavy (non-hydrogen) atoms. The summed E-state index contributed by atoms with van der Waals surface area (Å²) in [6, 6.07) is 7.77. The molecule has 0 heterocycles. The van der Waals surface area contributed by atoms with Crippen LogP contribution in [0.25, 0.3) is 0 Å². The van der Waals surface area contributed by atoms with Crippen molar-refractivity contribution in [2.24, 2.45) is 0 Å². The van der Waals surface area contributed by atoms with Crippen molar-refractivity contribution in [1.29, 1.82) is 0 Å². The highest BCUT2D eigenvalue weighted by molar-refractivity contribution is 6.26. The molecule has 1 unspecified atom stereocenters. The first-order valence-corrected chi connectivity index (χ1v) is 7.19. The topological polar surface area (TPSA) is 55.8 Å². The zero-order valence-corrected chi connectivity index (χ0v) is 13.2. The highest BCUT2D eigenvalue weighted by Crippen LogP contribution is 2.19. The average molecular weight is 314 g/mol. The molecule has 1 aromatic rings. The van der Waals surface area contributed by atoms with Crippen LogP contribution in [0.1, 0.15) is 19.4 Å². The second kappa shape index (κ2) is 8.52. The number of aryl methyl sites for hydroxylation is 1. The average Bonchev–Trinajstić information content (AvgIpc) is 2.42. The van der Waals surface area contributed by atoms with Gasteiger partial charge < -0.3 is 14.4 Å². The van der Waals surface area contributed by atoms with Crippen molar-refractivity contribution in [3.63, 3.8) is 0 Å². The second-order valence-corrected chi connectivity index (χ2v) is 4.86. The van der Waals surface area contributed by atoms with Crippen LogP contribution in [0.15, 0.2) is 24.3 Å². The highest BCUT2D eigenvalue weighted by Gasteiger charge is 2.18. The largest absolute Gasteiger partial charge is 0.464 e. The minimum Gasteiger partial charge on any atom is -0.464 e. The maximum atomic E-state index is 11.3. The molecule has 0 bridgehead atoms. The van der Waals surface area contributed by atoms with E-state index < -0.39 is 12.2 Å². The summed E-state index contributed by atoms with van der Waals surface area (Å²) in [4.78, 5) is 24.1. The Balaban J connectivity index is 2.83. The molecule has 0 spiro atoms. The fourth-order valence-electron chi connectivity index (χ4n) is 1.90. The molecule has 1 atom stereocenters. The van der Waals surface area contributed by atoms with Crippen LogP contribution >= 0.6 is 11.6 Å². The van der Waals surface area contributed by atoms with Gasteiger partial charge in [-0.15, -0.1) is 11.6 Å². The van der Waals surface area contributed by atoms with Gasteiger partial charge in [0, 0.05) is 12.6 Å². The van der Waals surface area contributed by atoms with E-state index >= 15 is 0 Å². The molecule has 0 radical (unpaired) electrons. The molecule has 0 aliphatic rings. The number of esters is 2. The van der Waals surface area contributed by atoms with Crippen LogP contribution in [0.5, 0.6) is 0 Å². The van der Waals surface area contributed by atoms with Crippen LogP contribution in [-0.2, 0) is 19.1 Å². The molecule has 0 saturated heterocycles. The zero-order chi connectivity index (χ0) is 15.8. The number of hydrogen-bond donors (Lipinski definition) is 0. The predicted octanol–water partition coefficient (Wildman–Crippen LogP) is 2.49. The Hall–Kier alpha value is -1.75. The van der Waals surface area contributed by atoms with Gasteiger partial charge >= 0.3 is 11.9 Å². The van der Waals surface area contributed by atoms with Gasteiger partial charge in [-0.2, -0.15) is 0 Å². The van der Waals surface area contributed by atoms with Crippen LogP contribution < -0.4 is 4.90 Å². The van der Waals surface area contributed by atoms with Crippen molar-refractivity contribution in [2.45, 2.75) is 27.0 Å². The number of carbonyl (C=O) groups is 2. The van der Waals surface area contributed by atoms with Gasteiger partial charge in [0.15, 0.2) is 6.23 Å². The summed E-state index contributed by atoms with van der Waals surface area (Å²) in [7, 11) is 0. The summed E-state index contributed by atoms with van der Waals surface area (Å²) in [6.45, 7) is 5.71. The lowest BCUT2D eigenvalue weighted by atomic mass is 10.2. The van der Waals surface area contributed by atoms with E-state index in [4.69, 9.17) is 21.1 Å². The molecule has 0 fully saturated rings.